The molecule has 0 saturated carbocycles. The Labute approximate surface area is 192 Å². The summed E-state index contributed by atoms with van der Waals surface area (Å²) < 4.78 is 45.7. The van der Waals surface area contributed by atoms with Crippen molar-refractivity contribution in [1.82, 2.24) is 4.98 Å². The highest BCUT2D eigenvalue weighted by Crippen LogP contribution is 2.35. The van der Waals surface area contributed by atoms with E-state index in [0.29, 0.717) is 42.0 Å². The monoisotopic (exact) mass is 462 g/mol. The highest BCUT2D eigenvalue weighted by atomic mass is 32.2. The number of benzene rings is 3. The van der Waals surface area contributed by atoms with Gasteiger partial charge in [0.1, 0.15) is 25.2 Å². The lowest BCUT2D eigenvalue weighted by atomic mass is 10.2. The molecule has 8 heteroatoms. The van der Waals surface area contributed by atoms with Gasteiger partial charge in [-0.25, -0.2) is 13.4 Å². The largest absolute Gasteiger partial charge is 0.486 e. The summed E-state index contributed by atoms with van der Waals surface area (Å²) in [5.41, 5.74) is 2.80. The molecule has 3 aromatic carbocycles. The van der Waals surface area contributed by atoms with Gasteiger partial charge in [-0.2, -0.15) is 0 Å². The second kappa shape index (κ2) is 8.63. The van der Waals surface area contributed by atoms with E-state index < -0.39 is 10.0 Å². The van der Waals surface area contributed by atoms with Crippen molar-refractivity contribution in [1.29, 1.82) is 0 Å². The molecule has 0 spiro atoms. The molecular formula is C25H22N2O5S. The van der Waals surface area contributed by atoms with Gasteiger partial charge < -0.3 is 13.9 Å². The fourth-order valence-electron chi connectivity index (χ4n) is 3.65. The van der Waals surface area contributed by atoms with Crippen LogP contribution < -0.4 is 13.8 Å². The smallest absolute Gasteiger partial charge is 0.264 e. The van der Waals surface area contributed by atoms with Crippen molar-refractivity contribution < 1.29 is 22.3 Å². The predicted octanol–water partition coefficient (Wildman–Crippen LogP) is 4.82. The van der Waals surface area contributed by atoms with Crippen LogP contribution in [0.3, 0.4) is 0 Å². The van der Waals surface area contributed by atoms with E-state index in [-0.39, 0.29) is 11.4 Å². The summed E-state index contributed by atoms with van der Waals surface area (Å²) in [7, 11) is -3.94. The lowest BCUT2D eigenvalue weighted by molar-refractivity contribution is 0.171. The Bertz CT molecular complexity index is 1380. The summed E-state index contributed by atoms with van der Waals surface area (Å²) in [5.74, 6) is 1.39. The molecule has 0 N–H and O–H groups in total. The molecule has 7 nitrogen and oxygen atoms in total. The molecule has 1 aliphatic heterocycles. The average molecular weight is 463 g/mol. The quantitative estimate of drug-likeness (QED) is 0.409. The van der Waals surface area contributed by atoms with Gasteiger partial charge in [0.25, 0.3) is 10.0 Å². The van der Waals surface area contributed by atoms with Crippen LogP contribution in [0.4, 0.5) is 5.69 Å². The van der Waals surface area contributed by atoms with Crippen LogP contribution in [0.5, 0.6) is 11.5 Å². The SMILES string of the molecule is Cc1cccc(N(Cc2coc(-c3ccccc3)n2)S(=O)(=O)c2ccc3c(c2)OCCO3)c1. The Morgan fingerprint density at radius 1 is 0.909 bits per heavy atom. The lowest BCUT2D eigenvalue weighted by Gasteiger charge is -2.25. The lowest BCUT2D eigenvalue weighted by Crippen LogP contribution is -2.31. The Kier molecular flexibility index (Phi) is 5.51. The van der Waals surface area contributed by atoms with Crippen LogP contribution in [0.2, 0.25) is 0 Å². The molecule has 0 atom stereocenters. The molecule has 1 aromatic heterocycles. The standard InChI is InChI=1S/C25H22N2O5S/c1-18-6-5-9-21(14-18)27(16-20-17-32-25(26-20)19-7-3-2-4-8-19)33(28,29)22-10-11-23-24(15-22)31-13-12-30-23/h2-11,14-15,17H,12-13,16H2,1H3. The minimum Gasteiger partial charge on any atom is -0.486 e. The van der Waals surface area contributed by atoms with Gasteiger partial charge in [-0.1, -0.05) is 30.3 Å². The van der Waals surface area contributed by atoms with Gasteiger partial charge in [-0.15, -0.1) is 0 Å². The number of hydrogen-bond donors (Lipinski definition) is 0. The first-order valence-electron chi connectivity index (χ1n) is 10.5. The number of anilines is 1. The zero-order valence-electron chi connectivity index (χ0n) is 18.0. The molecule has 0 radical (unpaired) electrons. The van der Waals surface area contributed by atoms with Gasteiger partial charge in [-0.3, -0.25) is 4.31 Å². The van der Waals surface area contributed by atoms with Crippen LogP contribution >= 0.6 is 0 Å². The molecule has 33 heavy (non-hydrogen) atoms. The minimum atomic E-state index is -3.94. The first kappa shape index (κ1) is 21.1. The summed E-state index contributed by atoms with van der Waals surface area (Å²) >= 11 is 0. The number of sulfonamides is 1. The molecule has 4 aromatic rings. The van der Waals surface area contributed by atoms with Crippen molar-refractivity contribution in [3.63, 3.8) is 0 Å². The zero-order chi connectivity index (χ0) is 22.8. The van der Waals surface area contributed by atoms with Crippen LogP contribution in [0, 0.1) is 6.92 Å². The first-order chi connectivity index (χ1) is 16.0. The predicted molar refractivity (Wildman–Crippen MR) is 124 cm³/mol. The molecule has 2 heterocycles. The molecule has 1 aliphatic rings. The number of oxazole rings is 1. The van der Waals surface area contributed by atoms with Gasteiger partial charge in [0, 0.05) is 11.6 Å². The minimum absolute atomic E-state index is 0.0105. The summed E-state index contributed by atoms with van der Waals surface area (Å²) in [6.45, 7) is 2.74. The summed E-state index contributed by atoms with van der Waals surface area (Å²) in [4.78, 5) is 4.64. The zero-order valence-corrected chi connectivity index (χ0v) is 18.8. The van der Waals surface area contributed by atoms with E-state index >= 15 is 0 Å². The Morgan fingerprint density at radius 3 is 2.48 bits per heavy atom. The van der Waals surface area contributed by atoms with Gasteiger partial charge in [-0.05, 0) is 48.9 Å². The molecular weight excluding hydrogens is 440 g/mol. The van der Waals surface area contributed by atoms with Crippen LogP contribution in [-0.2, 0) is 16.6 Å². The Morgan fingerprint density at radius 2 is 1.70 bits per heavy atom. The molecule has 0 saturated heterocycles. The molecule has 5 rings (SSSR count). The summed E-state index contributed by atoms with van der Waals surface area (Å²) in [6, 6.07) is 21.5. The number of aromatic nitrogens is 1. The normalized spacial score (nSPS) is 13.0. The van der Waals surface area contributed by atoms with E-state index in [1.165, 1.54) is 22.7 Å². The van der Waals surface area contributed by atoms with Gasteiger partial charge >= 0.3 is 0 Å². The fourth-order valence-corrected chi connectivity index (χ4v) is 5.09. The molecule has 0 fully saturated rings. The third-order valence-electron chi connectivity index (χ3n) is 5.27. The Hall–Kier alpha value is -3.78. The second-order valence-electron chi connectivity index (χ2n) is 7.67. The van der Waals surface area contributed by atoms with Gasteiger partial charge in [0.2, 0.25) is 5.89 Å². The number of nitrogens with zero attached hydrogens (tertiary/aromatic N) is 2. The van der Waals surface area contributed by atoms with E-state index in [2.05, 4.69) is 4.98 Å². The highest BCUT2D eigenvalue weighted by molar-refractivity contribution is 7.92. The second-order valence-corrected chi connectivity index (χ2v) is 9.53. The summed E-state index contributed by atoms with van der Waals surface area (Å²) in [6.07, 6.45) is 1.49. The number of ether oxygens (including phenoxy) is 2. The fraction of sp³-hybridized carbons (Fsp3) is 0.160. The maximum Gasteiger partial charge on any atom is 0.264 e. The third kappa shape index (κ3) is 4.29. The van der Waals surface area contributed by atoms with Crippen molar-refractivity contribution in [3.05, 3.63) is 90.3 Å². The topological polar surface area (TPSA) is 81.9 Å². The molecule has 0 unspecified atom stereocenters. The van der Waals surface area contributed by atoms with Crippen molar-refractivity contribution >= 4 is 15.7 Å². The van der Waals surface area contributed by atoms with E-state index in [1.807, 2.05) is 55.5 Å². The van der Waals surface area contributed by atoms with E-state index in [0.717, 1.165) is 11.1 Å². The van der Waals surface area contributed by atoms with Crippen molar-refractivity contribution in [2.75, 3.05) is 17.5 Å². The van der Waals surface area contributed by atoms with Crippen LogP contribution in [-0.4, -0.2) is 26.6 Å². The highest BCUT2D eigenvalue weighted by Gasteiger charge is 2.28. The van der Waals surface area contributed by atoms with E-state index in [9.17, 15) is 8.42 Å². The van der Waals surface area contributed by atoms with E-state index in [4.69, 9.17) is 13.9 Å². The van der Waals surface area contributed by atoms with Crippen LogP contribution in [0.15, 0.2) is 88.4 Å². The molecule has 168 valence electrons. The van der Waals surface area contributed by atoms with Crippen LogP contribution in [0.25, 0.3) is 11.5 Å². The van der Waals surface area contributed by atoms with Gasteiger partial charge in [0.15, 0.2) is 11.5 Å². The molecule has 0 amide bonds. The van der Waals surface area contributed by atoms with Crippen molar-refractivity contribution in [3.8, 4) is 23.0 Å². The van der Waals surface area contributed by atoms with E-state index in [1.54, 1.807) is 12.1 Å². The summed E-state index contributed by atoms with van der Waals surface area (Å²) in [5, 5.41) is 0. The third-order valence-corrected chi connectivity index (χ3v) is 7.04. The molecule has 0 bridgehead atoms. The van der Waals surface area contributed by atoms with Crippen molar-refractivity contribution in [2.45, 2.75) is 18.4 Å². The van der Waals surface area contributed by atoms with Crippen LogP contribution in [0.1, 0.15) is 11.3 Å². The Balaban J connectivity index is 1.53. The van der Waals surface area contributed by atoms with Crippen molar-refractivity contribution in [2.24, 2.45) is 0 Å². The maximum absolute atomic E-state index is 13.8. The number of hydrogen-bond acceptors (Lipinski definition) is 6. The number of rotatable bonds is 6. The molecule has 0 aliphatic carbocycles. The first-order valence-corrected chi connectivity index (χ1v) is 11.9. The maximum atomic E-state index is 13.8. The average Bonchev–Trinajstić information content (AvgIpc) is 3.31. The number of aryl methyl sites for hydroxylation is 1. The van der Waals surface area contributed by atoms with Gasteiger partial charge in [0.05, 0.1) is 17.1 Å². The number of fused-ring (bicyclic) bond motifs is 1.